The smallest absolute Gasteiger partial charge is 0.417 e. The fourth-order valence-corrected chi connectivity index (χ4v) is 5.69. The molecular formula is C33H28F4N4O2. The number of aromatic hydroxyl groups is 1. The summed E-state index contributed by atoms with van der Waals surface area (Å²) >= 11 is 0. The van der Waals surface area contributed by atoms with Gasteiger partial charge in [-0.3, -0.25) is 0 Å². The molecule has 5 heterocycles. The number of fused-ring (bicyclic) bond motifs is 8. The van der Waals surface area contributed by atoms with Gasteiger partial charge in [0.15, 0.2) is 5.60 Å². The molecule has 220 valence electrons. The van der Waals surface area contributed by atoms with Gasteiger partial charge in [-0.15, -0.1) is 0 Å². The SMILES string of the molecule is CC(C)(CC(O)(CC1=Cc2cc3ccc(cc4ccc(cc5nc(cc1n2)C=C5)[nH]4)[nH]3)C(F)(F)F)c1ccc(F)cc1O. The number of nitrogens with one attached hydrogen (secondary N) is 2. The van der Waals surface area contributed by atoms with Gasteiger partial charge in [-0.05, 0) is 95.8 Å². The monoisotopic (exact) mass is 588 g/mol. The molecule has 43 heavy (non-hydrogen) atoms. The Morgan fingerprint density at radius 2 is 1.33 bits per heavy atom. The van der Waals surface area contributed by atoms with Crippen molar-refractivity contribution >= 4 is 45.9 Å². The summed E-state index contributed by atoms with van der Waals surface area (Å²) in [5, 5.41) is 21.6. The van der Waals surface area contributed by atoms with Gasteiger partial charge in [0.05, 0.1) is 22.8 Å². The summed E-state index contributed by atoms with van der Waals surface area (Å²) in [6.07, 6.45) is -1.57. The van der Waals surface area contributed by atoms with Crippen LogP contribution in [0.1, 0.15) is 55.0 Å². The fraction of sp³-hybridized carbons (Fsp3) is 0.212. The van der Waals surface area contributed by atoms with Crippen molar-refractivity contribution < 1.29 is 27.8 Å². The van der Waals surface area contributed by atoms with Crippen LogP contribution in [-0.4, -0.2) is 41.9 Å². The molecule has 0 fully saturated rings. The minimum Gasteiger partial charge on any atom is -0.508 e. The normalized spacial score (nSPS) is 14.9. The highest BCUT2D eigenvalue weighted by Gasteiger charge is 2.56. The van der Waals surface area contributed by atoms with E-state index in [2.05, 4.69) is 19.9 Å². The first-order chi connectivity index (χ1) is 20.3. The molecule has 8 bridgehead atoms. The third-order valence-corrected chi connectivity index (χ3v) is 7.68. The van der Waals surface area contributed by atoms with Crippen LogP contribution in [0.5, 0.6) is 5.75 Å². The van der Waals surface area contributed by atoms with Gasteiger partial charge in [-0.1, -0.05) is 19.9 Å². The Labute approximate surface area is 244 Å². The van der Waals surface area contributed by atoms with Crippen molar-refractivity contribution in [3.05, 3.63) is 101 Å². The Morgan fingerprint density at radius 3 is 1.93 bits per heavy atom. The van der Waals surface area contributed by atoms with E-state index < -0.39 is 41.6 Å². The Balaban J connectivity index is 1.46. The van der Waals surface area contributed by atoms with Gasteiger partial charge >= 0.3 is 6.18 Å². The van der Waals surface area contributed by atoms with Crippen molar-refractivity contribution in [2.45, 2.75) is 43.9 Å². The summed E-state index contributed by atoms with van der Waals surface area (Å²) in [6.45, 7) is 2.94. The van der Waals surface area contributed by atoms with Crippen LogP contribution in [0, 0.1) is 5.82 Å². The molecule has 2 aliphatic rings. The second-order valence-corrected chi connectivity index (χ2v) is 11.6. The minimum atomic E-state index is -5.03. The molecule has 0 radical (unpaired) electrons. The molecular weight excluding hydrogens is 560 g/mol. The van der Waals surface area contributed by atoms with E-state index >= 15 is 0 Å². The number of alkyl halides is 3. The number of hydrogen-bond acceptors (Lipinski definition) is 4. The van der Waals surface area contributed by atoms with Gasteiger partial charge in [0.1, 0.15) is 11.6 Å². The van der Waals surface area contributed by atoms with Gasteiger partial charge in [0.25, 0.3) is 0 Å². The third kappa shape index (κ3) is 5.83. The summed E-state index contributed by atoms with van der Waals surface area (Å²) in [4.78, 5) is 15.8. The quantitative estimate of drug-likeness (QED) is 0.157. The molecule has 0 saturated carbocycles. The molecule has 2 aliphatic heterocycles. The van der Waals surface area contributed by atoms with E-state index in [4.69, 9.17) is 0 Å². The first-order valence-corrected chi connectivity index (χ1v) is 13.6. The first-order valence-electron chi connectivity index (χ1n) is 13.6. The molecule has 6 rings (SSSR count). The maximum atomic E-state index is 14.7. The molecule has 0 spiro atoms. The number of phenolic OH excluding ortho intramolecular Hbond substituents is 1. The lowest BCUT2D eigenvalue weighted by molar-refractivity contribution is -0.264. The summed E-state index contributed by atoms with van der Waals surface area (Å²) in [6, 6.07) is 17.8. The van der Waals surface area contributed by atoms with Crippen LogP contribution in [0.4, 0.5) is 17.6 Å². The number of hydrogen-bond donors (Lipinski definition) is 4. The molecule has 4 N–H and O–H groups in total. The van der Waals surface area contributed by atoms with Gasteiger partial charge in [0.2, 0.25) is 0 Å². The van der Waals surface area contributed by atoms with Crippen molar-refractivity contribution in [2.24, 2.45) is 0 Å². The highest BCUT2D eigenvalue weighted by atomic mass is 19.4. The Hall–Kier alpha value is -4.70. The lowest BCUT2D eigenvalue weighted by Crippen LogP contribution is -2.49. The average Bonchev–Trinajstić information content (AvgIpc) is 3.69. The molecule has 0 amide bonds. The number of phenols is 1. The van der Waals surface area contributed by atoms with Crippen LogP contribution in [0.3, 0.4) is 0 Å². The number of aromatic amines is 2. The van der Waals surface area contributed by atoms with E-state index in [1.165, 1.54) is 26.0 Å². The molecule has 10 heteroatoms. The van der Waals surface area contributed by atoms with Crippen molar-refractivity contribution in [1.29, 1.82) is 0 Å². The summed E-state index contributed by atoms with van der Waals surface area (Å²) in [5.74, 6) is -1.20. The van der Waals surface area contributed by atoms with Crippen LogP contribution in [0.25, 0.3) is 45.9 Å². The third-order valence-electron chi connectivity index (χ3n) is 7.68. The van der Waals surface area contributed by atoms with Gasteiger partial charge < -0.3 is 20.2 Å². The summed E-state index contributed by atoms with van der Waals surface area (Å²) in [7, 11) is 0. The maximum Gasteiger partial charge on any atom is 0.417 e. The molecule has 0 saturated heterocycles. The molecule has 0 aliphatic carbocycles. The zero-order valence-corrected chi connectivity index (χ0v) is 23.3. The lowest BCUT2D eigenvalue weighted by atomic mass is 9.72. The number of rotatable bonds is 5. The predicted octanol–water partition coefficient (Wildman–Crippen LogP) is 7.92. The highest BCUT2D eigenvalue weighted by Crippen LogP contribution is 2.47. The van der Waals surface area contributed by atoms with Gasteiger partial charge in [0, 0.05) is 34.6 Å². The predicted molar refractivity (Wildman–Crippen MR) is 159 cm³/mol. The number of aromatic nitrogens is 4. The van der Waals surface area contributed by atoms with E-state index in [1.54, 1.807) is 24.3 Å². The zero-order chi connectivity index (χ0) is 30.6. The van der Waals surface area contributed by atoms with Crippen LogP contribution < -0.4 is 0 Å². The van der Waals surface area contributed by atoms with E-state index in [0.717, 1.165) is 28.7 Å². The minimum absolute atomic E-state index is 0.0913. The molecule has 1 aromatic carbocycles. The number of H-pyrrole nitrogens is 2. The lowest BCUT2D eigenvalue weighted by Gasteiger charge is -2.38. The molecule has 1 atom stereocenters. The van der Waals surface area contributed by atoms with Gasteiger partial charge in [-0.25, -0.2) is 14.4 Å². The molecule has 4 aromatic rings. The number of halogens is 4. The van der Waals surface area contributed by atoms with Gasteiger partial charge in [-0.2, -0.15) is 13.2 Å². The van der Waals surface area contributed by atoms with Crippen LogP contribution >= 0.6 is 0 Å². The van der Waals surface area contributed by atoms with Crippen LogP contribution in [0.15, 0.2) is 66.7 Å². The Morgan fingerprint density at radius 1 is 0.744 bits per heavy atom. The topological polar surface area (TPSA) is 97.8 Å². The van der Waals surface area contributed by atoms with Crippen molar-refractivity contribution in [3.8, 4) is 5.75 Å². The maximum absolute atomic E-state index is 14.7. The fourth-order valence-electron chi connectivity index (χ4n) is 5.69. The largest absolute Gasteiger partial charge is 0.508 e. The first kappa shape index (κ1) is 28.4. The second kappa shape index (κ2) is 10.2. The highest BCUT2D eigenvalue weighted by molar-refractivity contribution is 5.85. The molecule has 3 aromatic heterocycles. The van der Waals surface area contributed by atoms with Crippen LogP contribution in [0.2, 0.25) is 0 Å². The van der Waals surface area contributed by atoms with Crippen molar-refractivity contribution in [1.82, 2.24) is 19.9 Å². The summed E-state index contributed by atoms with van der Waals surface area (Å²) < 4.78 is 57.6. The zero-order valence-electron chi connectivity index (χ0n) is 23.3. The Kier molecular flexibility index (Phi) is 6.76. The Bertz CT molecular complexity index is 1950. The van der Waals surface area contributed by atoms with E-state index in [-0.39, 0.29) is 16.8 Å². The van der Waals surface area contributed by atoms with Crippen molar-refractivity contribution in [2.75, 3.05) is 0 Å². The molecule has 6 nitrogen and oxygen atoms in total. The second-order valence-electron chi connectivity index (χ2n) is 11.6. The standard InChI is InChI=1S/C33H28F4N4O2/c1-31(2,28-10-3-20(34)12-30(28)42)18-32(43,33(35,36)37)17-19-11-27-15-25-7-6-23(39-25)13-21-4-5-22(38-21)14-24-8-9-26(40-24)16-29(19)41-27/h3-16,38-39,42-43H,17-18H2,1-2H3. The van der Waals surface area contributed by atoms with Crippen molar-refractivity contribution in [3.63, 3.8) is 0 Å². The summed E-state index contributed by atoms with van der Waals surface area (Å²) in [5.41, 5.74) is 0.712. The number of aliphatic hydroxyl groups is 1. The molecule has 1 unspecified atom stereocenters. The van der Waals surface area contributed by atoms with Crippen LogP contribution in [-0.2, 0) is 5.41 Å². The number of nitrogens with zero attached hydrogens (tertiary/aromatic N) is 2. The van der Waals surface area contributed by atoms with E-state index in [1.807, 2.05) is 36.4 Å². The average molecular weight is 589 g/mol. The number of benzene rings is 1. The van der Waals surface area contributed by atoms with E-state index in [9.17, 15) is 27.8 Å². The van der Waals surface area contributed by atoms with E-state index in [0.29, 0.717) is 22.6 Å².